The Labute approximate surface area is 145 Å². The summed E-state index contributed by atoms with van der Waals surface area (Å²) in [5.41, 5.74) is 2.63. The van der Waals surface area contributed by atoms with E-state index >= 15 is 0 Å². The first-order valence-corrected chi connectivity index (χ1v) is 7.24. The minimum Gasteiger partial charge on any atom is -0.484 e. The lowest BCUT2D eigenvalue weighted by Crippen LogP contribution is -2.31. The first kappa shape index (κ1) is 19.0. The Morgan fingerprint density at radius 3 is 2.38 bits per heavy atom. The molecule has 0 atom stereocenters. The molecule has 3 N–H and O–H groups in total. The lowest BCUT2D eigenvalue weighted by atomic mass is 10.2. The molecule has 0 aliphatic carbocycles. The molecule has 138 valence electrons. The van der Waals surface area contributed by atoms with Crippen molar-refractivity contribution in [1.82, 2.24) is 4.57 Å². The number of alkyl halides is 3. The minimum atomic E-state index is -4.79. The van der Waals surface area contributed by atoms with Crippen molar-refractivity contribution in [3.05, 3.63) is 58.5 Å². The Hall–Kier alpha value is -3.30. The predicted octanol–water partition coefficient (Wildman–Crippen LogP) is 1.37. The molecule has 2 amide bonds. The van der Waals surface area contributed by atoms with E-state index in [0.29, 0.717) is 22.1 Å². The van der Waals surface area contributed by atoms with Gasteiger partial charge in [0.2, 0.25) is 5.91 Å². The molecule has 2 aromatic rings. The average Bonchev–Trinajstić information content (AvgIpc) is 2.55. The topological polar surface area (TPSA) is 103 Å². The van der Waals surface area contributed by atoms with E-state index in [2.05, 4.69) is 5.32 Å². The number of nitrogens with one attached hydrogen (secondary N) is 1. The number of benzene rings is 1. The van der Waals surface area contributed by atoms with Crippen LogP contribution in [0.3, 0.4) is 0 Å². The van der Waals surface area contributed by atoms with Gasteiger partial charge in [-0.2, -0.15) is 13.2 Å². The molecule has 2 rings (SSSR count). The van der Waals surface area contributed by atoms with Gasteiger partial charge < -0.3 is 20.4 Å². The van der Waals surface area contributed by atoms with Crippen molar-refractivity contribution in [2.75, 3.05) is 11.9 Å². The average molecular weight is 369 g/mol. The summed E-state index contributed by atoms with van der Waals surface area (Å²) < 4.78 is 43.8. The molecule has 26 heavy (non-hydrogen) atoms. The Balaban J connectivity index is 2.03. The van der Waals surface area contributed by atoms with Gasteiger partial charge in [0.25, 0.3) is 11.5 Å². The zero-order valence-corrected chi connectivity index (χ0v) is 13.2. The van der Waals surface area contributed by atoms with Gasteiger partial charge >= 0.3 is 6.18 Å². The molecule has 0 unspecified atom stereocenters. The van der Waals surface area contributed by atoms with Crippen LogP contribution in [-0.4, -0.2) is 23.0 Å². The van der Waals surface area contributed by atoms with Gasteiger partial charge in [0.1, 0.15) is 17.9 Å². The second-order valence-electron chi connectivity index (χ2n) is 5.18. The predicted molar refractivity (Wildman–Crippen MR) is 85.5 cm³/mol. The van der Waals surface area contributed by atoms with E-state index in [1.807, 2.05) is 0 Å². The molecule has 1 aromatic carbocycles. The number of ether oxygens (including phenoxy) is 1. The van der Waals surface area contributed by atoms with Crippen molar-refractivity contribution in [2.45, 2.75) is 12.7 Å². The number of carbonyl (C=O) groups excluding carboxylic acids is 2. The zero-order chi connectivity index (χ0) is 19.3. The summed E-state index contributed by atoms with van der Waals surface area (Å²) in [5, 5.41) is 2.44. The van der Waals surface area contributed by atoms with Crippen LogP contribution in [0.2, 0.25) is 0 Å². The van der Waals surface area contributed by atoms with Crippen molar-refractivity contribution >= 4 is 17.5 Å². The first-order valence-electron chi connectivity index (χ1n) is 7.24. The summed E-state index contributed by atoms with van der Waals surface area (Å²) in [4.78, 5) is 34.3. The fourth-order valence-electron chi connectivity index (χ4n) is 2.02. The monoisotopic (exact) mass is 369 g/mol. The number of hydrogen-bond acceptors (Lipinski definition) is 4. The Kier molecular flexibility index (Phi) is 5.65. The van der Waals surface area contributed by atoms with E-state index in [0.717, 1.165) is 12.3 Å². The van der Waals surface area contributed by atoms with Gasteiger partial charge in [-0.3, -0.25) is 14.4 Å². The maximum absolute atomic E-state index is 12.7. The number of carbonyl (C=O) groups is 2. The molecule has 0 fully saturated rings. The quantitative estimate of drug-likeness (QED) is 0.803. The molecule has 10 heteroatoms. The summed E-state index contributed by atoms with van der Waals surface area (Å²) in [6, 6.07) is 7.56. The van der Waals surface area contributed by atoms with Gasteiger partial charge in [0.05, 0.1) is 0 Å². The number of nitrogens with zero attached hydrogens (tertiary/aromatic N) is 1. The summed E-state index contributed by atoms with van der Waals surface area (Å²) in [5.74, 6) is -0.984. The van der Waals surface area contributed by atoms with Crippen LogP contribution in [-0.2, 0) is 22.3 Å². The van der Waals surface area contributed by atoms with Crippen molar-refractivity contribution in [2.24, 2.45) is 5.73 Å². The molecule has 0 bridgehead atoms. The highest BCUT2D eigenvalue weighted by Gasteiger charge is 2.34. The van der Waals surface area contributed by atoms with Crippen molar-refractivity contribution in [3.63, 3.8) is 0 Å². The van der Waals surface area contributed by atoms with Crippen molar-refractivity contribution in [1.29, 1.82) is 0 Å². The van der Waals surface area contributed by atoms with E-state index in [4.69, 9.17) is 10.5 Å². The number of pyridine rings is 1. The SMILES string of the molecule is NC(=O)COc1ccc(NC(=O)Cn2cccc(C(F)(F)F)c2=O)cc1. The van der Waals surface area contributed by atoms with Crippen LogP contribution in [0.1, 0.15) is 5.56 Å². The third kappa shape index (κ3) is 5.10. The molecule has 0 aliphatic heterocycles. The highest BCUT2D eigenvalue weighted by molar-refractivity contribution is 5.90. The van der Waals surface area contributed by atoms with Gasteiger partial charge in [0.15, 0.2) is 6.61 Å². The van der Waals surface area contributed by atoms with Crippen LogP contribution in [0.15, 0.2) is 47.4 Å². The number of amides is 2. The van der Waals surface area contributed by atoms with E-state index in [9.17, 15) is 27.6 Å². The molecular weight excluding hydrogens is 355 g/mol. The smallest absolute Gasteiger partial charge is 0.421 e. The van der Waals surface area contributed by atoms with E-state index < -0.39 is 35.7 Å². The Morgan fingerprint density at radius 2 is 1.81 bits per heavy atom. The molecule has 0 saturated heterocycles. The first-order chi connectivity index (χ1) is 12.2. The van der Waals surface area contributed by atoms with Crippen molar-refractivity contribution in [3.8, 4) is 5.75 Å². The maximum Gasteiger partial charge on any atom is 0.421 e. The van der Waals surface area contributed by atoms with Gasteiger partial charge in [-0.15, -0.1) is 0 Å². The molecule has 0 radical (unpaired) electrons. The zero-order valence-electron chi connectivity index (χ0n) is 13.2. The third-order valence-corrected chi connectivity index (χ3v) is 3.16. The normalized spacial score (nSPS) is 11.0. The van der Waals surface area contributed by atoms with Crippen LogP contribution >= 0.6 is 0 Å². The highest BCUT2D eigenvalue weighted by Crippen LogP contribution is 2.26. The van der Waals surface area contributed by atoms with Crippen LogP contribution in [0.5, 0.6) is 5.75 Å². The van der Waals surface area contributed by atoms with Gasteiger partial charge in [-0.25, -0.2) is 0 Å². The molecule has 0 aliphatic rings. The molecule has 0 saturated carbocycles. The Bertz CT molecular complexity index is 860. The number of nitrogens with two attached hydrogens (primary N) is 1. The number of hydrogen-bond donors (Lipinski definition) is 2. The van der Waals surface area contributed by atoms with E-state index in [-0.39, 0.29) is 6.61 Å². The van der Waals surface area contributed by atoms with Crippen LogP contribution in [0.25, 0.3) is 0 Å². The lowest BCUT2D eigenvalue weighted by molar-refractivity contribution is -0.139. The number of halogens is 3. The minimum absolute atomic E-state index is 0.301. The summed E-state index contributed by atoms with van der Waals surface area (Å²) in [6.07, 6.45) is -3.70. The van der Waals surface area contributed by atoms with Gasteiger partial charge in [0, 0.05) is 11.9 Å². The van der Waals surface area contributed by atoms with Crippen LogP contribution < -0.4 is 21.3 Å². The maximum atomic E-state index is 12.7. The van der Waals surface area contributed by atoms with Crippen LogP contribution in [0.4, 0.5) is 18.9 Å². The van der Waals surface area contributed by atoms with E-state index in [1.165, 1.54) is 24.3 Å². The fraction of sp³-hybridized carbons (Fsp3) is 0.188. The molecule has 0 spiro atoms. The number of anilines is 1. The fourth-order valence-corrected chi connectivity index (χ4v) is 2.02. The molecule has 1 aromatic heterocycles. The lowest BCUT2D eigenvalue weighted by Gasteiger charge is -2.11. The molecule has 1 heterocycles. The summed E-state index contributed by atoms with van der Waals surface area (Å²) in [7, 11) is 0. The molecule has 7 nitrogen and oxygen atoms in total. The summed E-state index contributed by atoms with van der Waals surface area (Å²) >= 11 is 0. The third-order valence-electron chi connectivity index (χ3n) is 3.16. The van der Waals surface area contributed by atoms with Gasteiger partial charge in [-0.05, 0) is 36.4 Å². The van der Waals surface area contributed by atoms with Crippen LogP contribution in [0, 0.1) is 0 Å². The highest BCUT2D eigenvalue weighted by atomic mass is 19.4. The van der Waals surface area contributed by atoms with Gasteiger partial charge in [-0.1, -0.05) is 0 Å². The second kappa shape index (κ2) is 7.72. The second-order valence-corrected chi connectivity index (χ2v) is 5.18. The summed E-state index contributed by atoms with van der Waals surface area (Å²) in [6.45, 7) is -0.882. The largest absolute Gasteiger partial charge is 0.484 e. The molecular formula is C16H14F3N3O4. The van der Waals surface area contributed by atoms with Crippen molar-refractivity contribution < 1.29 is 27.5 Å². The number of rotatable bonds is 6. The number of primary amides is 1. The number of aromatic nitrogens is 1. The van der Waals surface area contributed by atoms with E-state index in [1.54, 1.807) is 0 Å². The Morgan fingerprint density at radius 1 is 1.15 bits per heavy atom. The standard InChI is InChI=1S/C16H14F3N3O4/c17-16(18,19)12-2-1-7-22(15(12)25)8-14(24)21-10-3-5-11(6-4-10)26-9-13(20)23/h1-7H,8-9H2,(H2,20,23)(H,21,24).